The van der Waals surface area contributed by atoms with Gasteiger partial charge in [-0.05, 0) is 93.0 Å². The third-order valence-electron chi connectivity index (χ3n) is 7.19. The summed E-state index contributed by atoms with van der Waals surface area (Å²) < 4.78 is 0. The molecule has 1 heterocycles. The average molecular weight is 517 g/mol. The first-order valence-corrected chi connectivity index (χ1v) is 13.1. The van der Waals surface area contributed by atoms with Crippen LogP contribution in [0.3, 0.4) is 0 Å². The number of carboxylic acid groups (broad SMARTS) is 1. The molecule has 7 heteroatoms. The van der Waals surface area contributed by atoms with Gasteiger partial charge in [0.25, 0.3) is 5.91 Å². The van der Waals surface area contributed by atoms with Gasteiger partial charge in [-0.25, -0.2) is 5.84 Å². The van der Waals surface area contributed by atoms with Gasteiger partial charge >= 0.3 is 5.97 Å². The fourth-order valence-electron chi connectivity index (χ4n) is 4.71. The Morgan fingerprint density at radius 2 is 1.74 bits per heavy atom. The number of nitrogen functional groups attached to an aromatic ring is 1. The van der Waals surface area contributed by atoms with Gasteiger partial charge in [0.2, 0.25) is 0 Å². The molecule has 0 fully saturated rings. The molecule has 0 atom stereocenters. The van der Waals surface area contributed by atoms with E-state index in [1.165, 1.54) is 5.56 Å². The number of amides is 1. The molecule has 4 rings (SSSR count). The van der Waals surface area contributed by atoms with Crippen molar-refractivity contribution in [3.63, 3.8) is 0 Å². The molecule has 0 saturated carbocycles. The zero-order valence-corrected chi connectivity index (χ0v) is 23.2. The number of rotatable bonds is 6. The van der Waals surface area contributed by atoms with Crippen LogP contribution in [0.15, 0.2) is 48.5 Å². The maximum atomic E-state index is 13.1. The van der Waals surface area contributed by atoms with Gasteiger partial charge in [0.1, 0.15) is 0 Å². The molecule has 0 aliphatic carbocycles. The highest BCUT2D eigenvalue weighted by Crippen LogP contribution is 2.25. The topological polar surface area (TPSA) is 113 Å². The lowest BCUT2D eigenvalue weighted by molar-refractivity contribution is -0.136. The summed E-state index contributed by atoms with van der Waals surface area (Å²) in [4.78, 5) is 25.8. The molecular weight excluding hydrogens is 476 g/mol. The van der Waals surface area contributed by atoms with E-state index in [2.05, 4.69) is 18.2 Å². The number of nitrogens with two attached hydrogens (primary N) is 2. The summed E-state index contributed by atoms with van der Waals surface area (Å²) in [7, 11) is 0. The van der Waals surface area contributed by atoms with Crippen molar-refractivity contribution in [3.8, 4) is 0 Å². The van der Waals surface area contributed by atoms with Crippen LogP contribution >= 0.6 is 0 Å². The molecule has 7 nitrogen and oxygen atoms in total. The van der Waals surface area contributed by atoms with Gasteiger partial charge in [0.15, 0.2) is 0 Å². The second kappa shape index (κ2) is 12.6. The highest BCUT2D eigenvalue weighted by molar-refractivity contribution is 5.96. The van der Waals surface area contributed by atoms with Crippen molar-refractivity contribution in [2.24, 2.45) is 5.84 Å². The summed E-state index contributed by atoms with van der Waals surface area (Å²) in [5.74, 6) is 5.01. The van der Waals surface area contributed by atoms with Crippen molar-refractivity contribution >= 4 is 23.3 Å². The van der Waals surface area contributed by atoms with Crippen LogP contribution in [0.2, 0.25) is 0 Å². The van der Waals surface area contributed by atoms with Gasteiger partial charge < -0.3 is 20.7 Å². The Morgan fingerprint density at radius 3 is 2.42 bits per heavy atom. The molecular formula is C31H40N4O3. The second-order valence-electron chi connectivity index (χ2n) is 10.0. The molecule has 0 bridgehead atoms. The van der Waals surface area contributed by atoms with E-state index >= 15 is 0 Å². The van der Waals surface area contributed by atoms with Crippen LogP contribution in [-0.2, 0) is 24.2 Å². The van der Waals surface area contributed by atoms with Crippen LogP contribution in [0.1, 0.15) is 62.6 Å². The van der Waals surface area contributed by atoms with Gasteiger partial charge in [-0.1, -0.05) is 42.0 Å². The van der Waals surface area contributed by atoms with Crippen LogP contribution in [0.25, 0.3) is 0 Å². The molecule has 3 aromatic rings. The van der Waals surface area contributed by atoms with Crippen LogP contribution in [0.5, 0.6) is 0 Å². The van der Waals surface area contributed by atoms with Crippen LogP contribution in [0, 0.1) is 27.7 Å². The van der Waals surface area contributed by atoms with Crippen molar-refractivity contribution in [1.82, 2.24) is 4.90 Å². The first kappa shape index (κ1) is 28.7. The van der Waals surface area contributed by atoms with Gasteiger partial charge in [-0.3, -0.25) is 9.59 Å². The molecule has 5 N–H and O–H groups in total. The second-order valence-corrected chi connectivity index (χ2v) is 10.0. The molecule has 0 unspecified atom stereocenters. The first-order chi connectivity index (χ1) is 18.0. The Balaban J connectivity index is 0.000000279. The molecule has 1 aliphatic heterocycles. The normalized spacial score (nSPS) is 12.3. The number of hydrazine groups is 1. The molecule has 1 amide bonds. The monoisotopic (exact) mass is 516 g/mol. The molecule has 202 valence electrons. The average Bonchev–Trinajstić information content (AvgIpc) is 2.90. The molecule has 0 spiro atoms. The van der Waals surface area contributed by atoms with E-state index in [9.17, 15) is 9.59 Å². The maximum absolute atomic E-state index is 13.1. The Hall–Kier alpha value is -3.84. The lowest BCUT2D eigenvalue weighted by Crippen LogP contribution is -2.36. The number of para-hydroxylation sites is 1. The number of aliphatic carboxylic acids is 1. The SMILES string of the molecule is CCN(N)c1cccc(C)c1N.Cc1cc(C)c(C)c(C(=O)N2CCc3ccc(CCC(=O)O)cc3C2)c1. The third kappa shape index (κ3) is 6.92. The van der Waals surface area contributed by atoms with Gasteiger partial charge in [-0.15, -0.1) is 0 Å². The quantitative estimate of drug-likeness (QED) is 0.239. The third-order valence-corrected chi connectivity index (χ3v) is 7.19. The predicted molar refractivity (Wildman–Crippen MR) is 154 cm³/mol. The van der Waals surface area contributed by atoms with E-state index in [1.807, 2.05) is 69.9 Å². The lowest BCUT2D eigenvalue weighted by Gasteiger charge is -2.30. The zero-order chi connectivity index (χ0) is 28.0. The fourth-order valence-corrected chi connectivity index (χ4v) is 4.71. The minimum atomic E-state index is -0.787. The minimum absolute atomic E-state index is 0.0795. The van der Waals surface area contributed by atoms with Crippen molar-refractivity contribution in [1.29, 1.82) is 0 Å². The Kier molecular flexibility index (Phi) is 9.53. The van der Waals surface area contributed by atoms with E-state index in [1.54, 1.807) is 5.01 Å². The number of aryl methyl sites for hydroxylation is 4. The summed E-state index contributed by atoms with van der Waals surface area (Å²) in [6.07, 6.45) is 1.49. The number of carbonyl (C=O) groups is 2. The lowest BCUT2D eigenvalue weighted by atomic mass is 9.94. The summed E-state index contributed by atoms with van der Waals surface area (Å²) in [5.41, 5.74) is 16.0. The molecule has 3 aromatic carbocycles. The summed E-state index contributed by atoms with van der Waals surface area (Å²) in [6.45, 7) is 12.1. The number of carbonyl (C=O) groups excluding carboxylic acids is 1. The maximum Gasteiger partial charge on any atom is 0.303 e. The summed E-state index contributed by atoms with van der Waals surface area (Å²) in [5, 5.41) is 10.5. The highest BCUT2D eigenvalue weighted by atomic mass is 16.4. The zero-order valence-electron chi connectivity index (χ0n) is 23.2. The summed E-state index contributed by atoms with van der Waals surface area (Å²) in [6, 6.07) is 16.1. The molecule has 1 aliphatic rings. The number of anilines is 2. The Labute approximate surface area is 226 Å². The first-order valence-electron chi connectivity index (χ1n) is 13.1. The standard InChI is InChI=1S/C22H25NO3.C9H15N3/c1-14-10-15(2)16(3)20(11-14)22(26)23-9-8-18-6-4-17(5-7-21(24)25)12-19(18)13-23;1-3-12(11)8-6-4-5-7(2)9(8)10/h4,6,10-12H,5,7-9,13H2,1-3H3,(H,24,25);4-6H,3,10-11H2,1-2H3. The number of nitrogens with zero attached hydrogens (tertiary/aromatic N) is 2. The van der Waals surface area contributed by atoms with Crippen LogP contribution in [0.4, 0.5) is 11.4 Å². The smallest absolute Gasteiger partial charge is 0.303 e. The van der Waals surface area contributed by atoms with E-state index in [0.29, 0.717) is 19.5 Å². The van der Waals surface area contributed by atoms with Gasteiger partial charge in [-0.2, -0.15) is 0 Å². The predicted octanol–water partition coefficient (Wildman–Crippen LogP) is 5.10. The van der Waals surface area contributed by atoms with Crippen molar-refractivity contribution < 1.29 is 14.7 Å². The Bertz CT molecular complexity index is 1320. The fraction of sp³-hybridized carbons (Fsp3) is 0.355. The number of hydrogen-bond acceptors (Lipinski definition) is 5. The van der Waals surface area contributed by atoms with E-state index in [-0.39, 0.29) is 12.3 Å². The van der Waals surface area contributed by atoms with Crippen molar-refractivity contribution in [3.05, 3.63) is 93.0 Å². The molecule has 0 saturated heterocycles. The van der Waals surface area contributed by atoms with E-state index in [0.717, 1.165) is 63.3 Å². The van der Waals surface area contributed by atoms with Crippen molar-refractivity contribution in [2.45, 2.75) is 60.4 Å². The van der Waals surface area contributed by atoms with Crippen LogP contribution < -0.4 is 16.6 Å². The number of fused-ring (bicyclic) bond motifs is 1. The van der Waals surface area contributed by atoms with E-state index < -0.39 is 5.97 Å². The summed E-state index contributed by atoms with van der Waals surface area (Å²) >= 11 is 0. The largest absolute Gasteiger partial charge is 0.481 e. The molecule has 38 heavy (non-hydrogen) atoms. The number of hydrogen-bond donors (Lipinski definition) is 3. The Morgan fingerprint density at radius 1 is 1.00 bits per heavy atom. The highest BCUT2D eigenvalue weighted by Gasteiger charge is 2.23. The molecule has 0 aromatic heterocycles. The number of benzene rings is 3. The van der Waals surface area contributed by atoms with Crippen molar-refractivity contribution in [2.75, 3.05) is 23.8 Å². The van der Waals surface area contributed by atoms with Gasteiger partial charge in [0.05, 0.1) is 11.4 Å². The minimum Gasteiger partial charge on any atom is -0.481 e. The van der Waals surface area contributed by atoms with E-state index in [4.69, 9.17) is 16.7 Å². The number of carboxylic acids is 1. The van der Waals surface area contributed by atoms with Gasteiger partial charge in [0, 0.05) is 31.6 Å². The molecule has 0 radical (unpaired) electrons. The van der Waals surface area contributed by atoms with Crippen LogP contribution in [-0.4, -0.2) is 35.0 Å².